The summed E-state index contributed by atoms with van der Waals surface area (Å²) in [6.07, 6.45) is 0.658. The van der Waals surface area contributed by atoms with E-state index in [9.17, 15) is 9.59 Å². The lowest BCUT2D eigenvalue weighted by Gasteiger charge is -2.37. The molecule has 0 bridgehead atoms. The van der Waals surface area contributed by atoms with Gasteiger partial charge in [0.25, 0.3) is 5.56 Å². The van der Waals surface area contributed by atoms with Crippen LogP contribution in [0.2, 0.25) is 0 Å². The fourth-order valence-electron chi connectivity index (χ4n) is 4.48. The van der Waals surface area contributed by atoms with E-state index in [1.54, 1.807) is 4.52 Å². The van der Waals surface area contributed by atoms with Gasteiger partial charge in [-0.05, 0) is 31.0 Å². The van der Waals surface area contributed by atoms with E-state index in [1.165, 1.54) is 28.2 Å². The van der Waals surface area contributed by atoms with Gasteiger partial charge in [0.2, 0.25) is 10.9 Å². The van der Waals surface area contributed by atoms with Crippen molar-refractivity contribution in [3.8, 4) is 0 Å². The fourth-order valence-corrected chi connectivity index (χ4v) is 5.30. The summed E-state index contributed by atoms with van der Waals surface area (Å²) in [6.45, 7) is 7.25. The van der Waals surface area contributed by atoms with Crippen LogP contribution < -0.4 is 10.5 Å². The summed E-state index contributed by atoms with van der Waals surface area (Å²) < 4.78 is 1.66. The normalized spacial score (nSPS) is 14.1. The fraction of sp³-hybridized carbons (Fsp3) is 0.308. The first-order valence-electron chi connectivity index (χ1n) is 11.5. The predicted octanol–water partition coefficient (Wildman–Crippen LogP) is 3.25. The van der Waals surface area contributed by atoms with Gasteiger partial charge < -0.3 is 9.80 Å². The molecule has 0 aliphatic carbocycles. The zero-order valence-electron chi connectivity index (χ0n) is 19.4. The first kappa shape index (κ1) is 22.3. The van der Waals surface area contributed by atoms with Gasteiger partial charge in [-0.3, -0.25) is 9.59 Å². The number of piperazine rings is 1. The Morgan fingerprint density at radius 2 is 1.79 bits per heavy atom. The molecule has 1 aliphatic heterocycles. The number of aryl methyl sites for hydroxylation is 2. The van der Waals surface area contributed by atoms with Gasteiger partial charge in [0.05, 0.1) is 12.1 Å². The average Bonchev–Trinajstić information content (AvgIpc) is 3.21. The van der Waals surface area contributed by atoms with Gasteiger partial charge in [-0.1, -0.05) is 48.0 Å². The second-order valence-electron chi connectivity index (χ2n) is 8.78. The Morgan fingerprint density at radius 1 is 1.03 bits per heavy atom. The number of hydrogen-bond donors (Lipinski definition) is 0. The van der Waals surface area contributed by atoms with Crippen LogP contribution in [0.25, 0.3) is 4.96 Å². The van der Waals surface area contributed by atoms with Gasteiger partial charge in [0, 0.05) is 43.7 Å². The number of benzene rings is 2. The minimum absolute atomic E-state index is 0.0742. The van der Waals surface area contributed by atoms with Crippen molar-refractivity contribution in [2.45, 2.75) is 26.7 Å². The number of aromatic nitrogens is 3. The Morgan fingerprint density at radius 3 is 2.53 bits per heavy atom. The van der Waals surface area contributed by atoms with Crippen molar-refractivity contribution in [3.05, 3.63) is 92.3 Å². The summed E-state index contributed by atoms with van der Waals surface area (Å²) in [7, 11) is 0. The molecule has 0 N–H and O–H groups in total. The summed E-state index contributed by atoms with van der Waals surface area (Å²) in [5, 5.41) is 6.45. The number of nitrogens with zero attached hydrogens (tertiary/aromatic N) is 5. The highest BCUT2D eigenvalue weighted by atomic mass is 32.1. The predicted molar refractivity (Wildman–Crippen MR) is 135 cm³/mol. The van der Waals surface area contributed by atoms with E-state index in [4.69, 9.17) is 0 Å². The molecule has 4 aromatic rings. The van der Waals surface area contributed by atoms with Gasteiger partial charge in [-0.25, -0.2) is 4.52 Å². The molecule has 0 radical (unpaired) electrons. The van der Waals surface area contributed by atoms with Crippen LogP contribution in [0.5, 0.6) is 0 Å². The number of rotatable bonds is 5. The van der Waals surface area contributed by atoms with Crippen LogP contribution in [0.15, 0.2) is 58.7 Å². The molecule has 0 unspecified atom stereocenters. The SMILES string of the molecule is Cc1ccc(N2CCN(C(=O)Cc3csc4nc(=O)c(Cc5ccccc5)nn34)CC2)c(C)c1. The van der Waals surface area contributed by atoms with Crippen LogP contribution in [0.1, 0.15) is 28.1 Å². The number of thiazole rings is 1. The second-order valence-corrected chi connectivity index (χ2v) is 9.62. The van der Waals surface area contributed by atoms with Gasteiger partial charge in [0.1, 0.15) is 5.69 Å². The number of carbonyl (C=O) groups excluding carboxylic acids is 1. The number of anilines is 1. The van der Waals surface area contributed by atoms with Gasteiger partial charge in [-0.15, -0.1) is 11.3 Å². The molecule has 7 nitrogen and oxygen atoms in total. The Labute approximate surface area is 202 Å². The van der Waals surface area contributed by atoms with E-state index in [2.05, 4.69) is 47.0 Å². The van der Waals surface area contributed by atoms with Crippen LogP contribution >= 0.6 is 11.3 Å². The van der Waals surface area contributed by atoms with Crippen LogP contribution in [0.3, 0.4) is 0 Å². The monoisotopic (exact) mass is 473 g/mol. The third-order valence-corrected chi connectivity index (χ3v) is 7.16. The van der Waals surface area contributed by atoms with Gasteiger partial charge in [-0.2, -0.15) is 10.1 Å². The maximum Gasteiger partial charge on any atom is 0.296 e. The summed E-state index contributed by atoms with van der Waals surface area (Å²) in [5.74, 6) is 0.0742. The maximum absolute atomic E-state index is 13.1. The van der Waals surface area contributed by atoms with E-state index in [0.29, 0.717) is 30.2 Å². The highest BCUT2D eigenvalue weighted by Crippen LogP contribution is 2.23. The van der Waals surface area contributed by atoms with Crippen LogP contribution in [-0.4, -0.2) is 51.6 Å². The highest BCUT2D eigenvalue weighted by Gasteiger charge is 2.23. The van der Waals surface area contributed by atoms with E-state index in [1.807, 2.05) is 40.6 Å². The first-order valence-corrected chi connectivity index (χ1v) is 12.4. The summed E-state index contributed by atoms with van der Waals surface area (Å²) in [5.41, 5.74) is 5.61. The molecule has 34 heavy (non-hydrogen) atoms. The summed E-state index contributed by atoms with van der Waals surface area (Å²) >= 11 is 1.34. The Hall–Kier alpha value is -3.52. The van der Waals surface area contributed by atoms with Crippen molar-refractivity contribution < 1.29 is 4.79 Å². The van der Waals surface area contributed by atoms with Crippen molar-refractivity contribution in [2.75, 3.05) is 31.1 Å². The minimum atomic E-state index is -0.314. The number of hydrogen-bond acceptors (Lipinski definition) is 6. The van der Waals surface area contributed by atoms with E-state index >= 15 is 0 Å². The van der Waals surface area contributed by atoms with Crippen molar-refractivity contribution in [3.63, 3.8) is 0 Å². The Bertz CT molecular complexity index is 1390. The summed E-state index contributed by atoms with van der Waals surface area (Å²) in [6, 6.07) is 16.3. The molecule has 1 amide bonds. The molecule has 8 heteroatoms. The average molecular weight is 474 g/mol. The smallest absolute Gasteiger partial charge is 0.296 e. The molecular formula is C26H27N5O2S. The maximum atomic E-state index is 13.1. The molecule has 0 spiro atoms. The molecule has 2 aromatic carbocycles. The van der Waals surface area contributed by atoms with E-state index < -0.39 is 0 Å². The molecule has 1 fully saturated rings. The zero-order valence-corrected chi connectivity index (χ0v) is 20.2. The summed E-state index contributed by atoms with van der Waals surface area (Å²) in [4.78, 5) is 34.5. The molecule has 3 heterocycles. The van der Waals surface area contributed by atoms with Crippen molar-refractivity contribution in [2.24, 2.45) is 0 Å². The number of carbonyl (C=O) groups is 1. The number of amides is 1. The van der Waals surface area contributed by atoms with Gasteiger partial charge in [0.15, 0.2) is 0 Å². The van der Waals surface area contributed by atoms with Crippen molar-refractivity contribution in [1.82, 2.24) is 19.5 Å². The molecular weight excluding hydrogens is 446 g/mol. The molecule has 174 valence electrons. The zero-order chi connectivity index (χ0) is 23.7. The van der Waals surface area contributed by atoms with E-state index in [0.717, 1.165) is 24.3 Å². The molecule has 1 saturated heterocycles. The molecule has 2 aromatic heterocycles. The second kappa shape index (κ2) is 9.38. The van der Waals surface area contributed by atoms with Crippen molar-refractivity contribution >= 4 is 27.9 Å². The highest BCUT2D eigenvalue weighted by molar-refractivity contribution is 7.15. The molecule has 0 atom stereocenters. The molecule has 1 aliphatic rings. The Balaban J connectivity index is 1.28. The van der Waals surface area contributed by atoms with Crippen LogP contribution in [0, 0.1) is 13.8 Å². The molecule has 0 saturated carbocycles. The van der Waals surface area contributed by atoms with Crippen LogP contribution in [0.4, 0.5) is 5.69 Å². The third-order valence-electron chi connectivity index (χ3n) is 6.29. The van der Waals surface area contributed by atoms with Crippen LogP contribution in [-0.2, 0) is 17.6 Å². The molecule has 5 rings (SSSR count). The minimum Gasteiger partial charge on any atom is -0.368 e. The quantitative estimate of drug-likeness (QED) is 0.445. The lowest BCUT2D eigenvalue weighted by atomic mass is 10.1. The lowest BCUT2D eigenvalue weighted by Crippen LogP contribution is -2.49. The van der Waals surface area contributed by atoms with E-state index in [-0.39, 0.29) is 17.9 Å². The Kier molecular flexibility index (Phi) is 6.15. The third kappa shape index (κ3) is 4.59. The number of fused-ring (bicyclic) bond motifs is 1. The first-order chi connectivity index (χ1) is 16.5. The van der Waals surface area contributed by atoms with Gasteiger partial charge >= 0.3 is 0 Å². The van der Waals surface area contributed by atoms with Crippen molar-refractivity contribution in [1.29, 1.82) is 0 Å². The standard InChI is InChI=1S/C26H27N5O2S/c1-18-8-9-23(19(2)14-18)29-10-12-30(13-11-29)24(32)16-21-17-34-26-27-25(33)22(28-31(21)26)15-20-6-4-3-5-7-20/h3-9,14,17H,10-13,15-16H2,1-2H3. The lowest BCUT2D eigenvalue weighted by molar-refractivity contribution is -0.130. The topological polar surface area (TPSA) is 70.8 Å². The largest absolute Gasteiger partial charge is 0.368 e.